The van der Waals surface area contributed by atoms with Crippen LogP contribution in [0.5, 0.6) is 5.75 Å². The third kappa shape index (κ3) is 2.74. The maximum Gasteiger partial charge on any atom is 0.235 e. The second-order valence-corrected chi connectivity index (χ2v) is 2.90. The normalized spacial score (nSPS) is 10.4. The number of nitro groups is 1. The van der Waals surface area contributed by atoms with Gasteiger partial charge >= 0.3 is 0 Å². The number of ether oxygens (including phenoxy) is 1. The molecule has 0 unspecified atom stereocenters. The Morgan fingerprint density at radius 3 is 2.79 bits per heavy atom. The zero-order valence-electron chi connectivity index (χ0n) is 7.44. The van der Waals surface area contributed by atoms with E-state index in [2.05, 4.69) is 0 Å². The van der Waals surface area contributed by atoms with Gasteiger partial charge in [0.15, 0.2) is 0 Å². The van der Waals surface area contributed by atoms with Crippen molar-refractivity contribution in [2.45, 2.75) is 0 Å². The Hall–Kier alpha value is -1.55. The summed E-state index contributed by atoms with van der Waals surface area (Å²) >= 11 is 5.82. The van der Waals surface area contributed by atoms with E-state index in [9.17, 15) is 10.1 Å². The van der Waals surface area contributed by atoms with Crippen molar-refractivity contribution in [3.05, 3.63) is 45.1 Å². The van der Waals surface area contributed by atoms with E-state index in [0.29, 0.717) is 16.3 Å². The van der Waals surface area contributed by atoms with E-state index >= 15 is 0 Å². The minimum atomic E-state index is -0.530. The highest BCUT2D eigenvalue weighted by Crippen LogP contribution is 2.25. The van der Waals surface area contributed by atoms with Crippen LogP contribution in [0.25, 0.3) is 6.08 Å². The monoisotopic (exact) mass is 213 g/mol. The average Bonchev–Trinajstić information content (AvgIpc) is 2.15. The molecular formula is C9H8ClNO3. The summed E-state index contributed by atoms with van der Waals surface area (Å²) in [5.41, 5.74) is 0.660. The Kier molecular flexibility index (Phi) is 3.48. The topological polar surface area (TPSA) is 52.4 Å². The van der Waals surface area contributed by atoms with Crippen molar-refractivity contribution in [2.75, 3.05) is 7.11 Å². The molecule has 1 aromatic carbocycles. The molecule has 0 fully saturated rings. The molecule has 0 N–H and O–H groups in total. The van der Waals surface area contributed by atoms with Gasteiger partial charge in [0, 0.05) is 6.08 Å². The summed E-state index contributed by atoms with van der Waals surface area (Å²) in [5, 5.41) is 10.5. The molecule has 74 valence electrons. The maximum absolute atomic E-state index is 10.0. The lowest BCUT2D eigenvalue weighted by molar-refractivity contribution is -0.400. The first-order valence-electron chi connectivity index (χ1n) is 3.78. The highest BCUT2D eigenvalue weighted by molar-refractivity contribution is 6.32. The van der Waals surface area contributed by atoms with Gasteiger partial charge in [0.2, 0.25) is 6.20 Å². The van der Waals surface area contributed by atoms with Gasteiger partial charge in [-0.15, -0.1) is 0 Å². The number of hydrogen-bond acceptors (Lipinski definition) is 3. The molecule has 0 saturated carbocycles. The quantitative estimate of drug-likeness (QED) is 0.573. The van der Waals surface area contributed by atoms with Crippen molar-refractivity contribution in [1.29, 1.82) is 0 Å². The van der Waals surface area contributed by atoms with Gasteiger partial charge in [0.1, 0.15) is 5.75 Å². The second-order valence-electron chi connectivity index (χ2n) is 2.50. The highest BCUT2D eigenvalue weighted by atomic mass is 35.5. The zero-order valence-corrected chi connectivity index (χ0v) is 8.19. The Balaban J connectivity index is 2.91. The van der Waals surface area contributed by atoms with Crippen LogP contribution in [0.4, 0.5) is 0 Å². The Bertz CT molecular complexity index is 376. The van der Waals surface area contributed by atoms with Crippen molar-refractivity contribution < 1.29 is 9.66 Å². The molecule has 4 nitrogen and oxygen atoms in total. The lowest BCUT2D eigenvalue weighted by Gasteiger charge is -2.02. The Morgan fingerprint density at radius 2 is 2.29 bits per heavy atom. The van der Waals surface area contributed by atoms with Gasteiger partial charge in [-0.3, -0.25) is 10.1 Å². The predicted octanol–water partition coefficient (Wildman–Crippen LogP) is 2.60. The first kappa shape index (κ1) is 10.5. The predicted molar refractivity (Wildman–Crippen MR) is 54.0 cm³/mol. The molecule has 0 bridgehead atoms. The summed E-state index contributed by atoms with van der Waals surface area (Å²) in [5.74, 6) is 0.546. The molecule has 0 aromatic heterocycles. The molecule has 0 saturated heterocycles. The third-order valence-corrected chi connectivity index (χ3v) is 1.86. The molecule has 0 aliphatic rings. The largest absolute Gasteiger partial charge is 0.495 e. The average molecular weight is 214 g/mol. The number of benzene rings is 1. The van der Waals surface area contributed by atoms with E-state index in [0.717, 1.165) is 6.20 Å². The van der Waals surface area contributed by atoms with Crippen LogP contribution in [-0.2, 0) is 0 Å². The van der Waals surface area contributed by atoms with Crippen LogP contribution in [0, 0.1) is 10.1 Å². The Morgan fingerprint density at radius 1 is 1.57 bits per heavy atom. The molecule has 0 spiro atoms. The lowest BCUT2D eigenvalue weighted by Crippen LogP contribution is -1.85. The molecule has 0 heterocycles. The zero-order chi connectivity index (χ0) is 10.6. The minimum Gasteiger partial charge on any atom is -0.495 e. The van der Waals surface area contributed by atoms with Crippen molar-refractivity contribution in [3.63, 3.8) is 0 Å². The van der Waals surface area contributed by atoms with Gasteiger partial charge in [-0.1, -0.05) is 17.7 Å². The van der Waals surface area contributed by atoms with E-state index in [-0.39, 0.29) is 0 Å². The van der Waals surface area contributed by atoms with Crippen LogP contribution < -0.4 is 4.74 Å². The summed E-state index contributed by atoms with van der Waals surface area (Å²) in [6.07, 6.45) is 2.23. The first-order chi connectivity index (χ1) is 6.63. The van der Waals surface area contributed by atoms with Crippen molar-refractivity contribution in [3.8, 4) is 5.75 Å². The maximum atomic E-state index is 10.0. The SMILES string of the molecule is COc1ccc(C=C[N+](=O)[O-])cc1Cl. The van der Waals surface area contributed by atoms with Gasteiger partial charge in [0.25, 0.3) is 0 Å². The molecule has 0 radical (unpaired) electrons. The number of nitrogens with zero attached hydrogens (tertiary/aromatic N) is 1. The highest BCUT2D eigenvalue weighted by Gasteiger charge is 2.00. The van der Waals surface area contributed by atoms with Gasteiger partial charge in [0.05, 0.1) is 17.1 Å². The van der Waals surface area contributed by atoms with Crippen LogP contribution in [0.15, 0.2) is 24.4 Å². The summed E-state index contributed by atoms with van der Waals surface area (Å²) in [6.45, 7) is 0. The Labute approximate surface area is 85.9 Å². The van der Waals surface area contributed by atoms with Crippen molar-refractivity contribution in [1.82, 2.24) is 0 Å². The van der Waals surface area contributed by atoms with Gasteiger partial charge in [-0.25, -0.2) is 0 Å². The molecule has 14 heavy (non-hydrogen) atoms. The van der Waals surface area contributed by atoms with Crippen LogP contribution in [0.2, 0.25) is 5.02 Å². The minimum absolute atomic E-state index is 0.429. The third-order valence-electron chi connectivity index (χ3n) is 1.56. The molecule has 1 rings (SSSR count). The van der Waals surface area contributed by atoms with Crippen molar-refractivity contribution >= 4 is 17.7 Å². The molecule has 0 aliphatic heterocycles. The van der Waals surface area contributed by atoms with E-state index < -0.39 is 4.92 Å². The molecular weight excluding hydrogens is 206 g/mol. The molecule has 1 aromatic rings. The standard InChI is InChI=1S/C9H8ClNO3/c1-14-9-3-2-7(6-8(9)10)4-5-11(12)13/h2-6H,1H3. The summed E-state index contributed by atoms with van der Waals surface area (Å²) < 4.78 is 4.94. The van der Waals surface area contributed by atoms with Crippen LogP contribution >= 0.6 is 11.6 Å². The number of halogens is 1. The fraction of sp³-hybridized carbons (Fsp3) is 0.111. The fourth-order valence-corrected chi connectivity index (χ4v) is 1.20. The molecule has 0 aliphatic carbocycles. The second kappa shape index (κ2) is 4.62. The van der Waals surface area contributed by atoms with E-state index in [1.807, 2.05) is 0 Å². The van der Waals surface area contributed by atoms with Gasteiger partial charge in [-0.05, 0) is 17.7 Å². The molecule has 0 atom stereocenters. The van der Waals surface area contributed by atoms with E-state index in [1.54, 1.807) is 18.2 Å². The van der Waals surface area contributed by atoms with Crippen LogP contribution in [0.3, 0.4) is 0 Å². The molecule has 5 heteroatoms. The van der Waals surface area contributed by atoms with Gasteiger partial charge in [-0.2, -0.15) is 0 Å². The van der Waals surface area contributed by atoms with E-state index in [1.165, 1.54) is 13.2 Å². The smallest absolute Gasteiger partial charge is 0.235 e. The van der Waals surface area contributed by atoms with Crippen molar-refractivity contribution in [2.24, 2.45) is 0 Å². The van der Waals surface area contributed by atoms with Gasteiger partial charge < -0.3 is 4.74 Å². The summed E-state index contributed by atoms with van der Waals surface area (Å²) in [4.78, 5) is 9.51. The summed E-state index contributed by atoms with van der Waals surface area (Å²) in [7, 11) is 1.51. The summed E-state index contributed by atoms with van der Waals surface area (Å²) in [6, 6.07) is 4.94. The van der Waals surface area contributed by atoms with E-state index in [4.69, 9.17) is 16.3 Å². The number of rotatable bonds is 3. The number of methoxy groups -OCH3 is 1. The number of hydrogen-bond donors (Lipinski definition) is 0. The fourth-order valence-electron chi connectivity index (χ4n) is 0.933. The first-order valence-corrected chi connectivity index (χ1v) is 4.16. The lowest BCUT2D eigenvalue weighted by atomic mass is 10.2. The van der Waals surface area contributed by atoms with Crippen LogP contribution in [0.1, 0.15) is 5.56 Å². The van der Waals surface area contributed by atoms with Crippen LogP contribution in [-0.4, -0.2) is 12.0 Å². The molecule has 0 amide bonds.